The molecular weight excluding hydrogens is 374 g/mol. The van der Waals surface area contributed by atoms with Crippen LogP contribution in [0.3, 0.4) is 0 Å². The molecule has 0 spiro atoms. The van der Waals surface area contributed by atoms with Crippen molar-refractivity contribution in [2.75, 3.05) is 6.61 Å². The molecule has 0 aliphatic carbocycles. The Bertz CT molecular complexity index is 1160. The SMILES string of the molecule is CCOC(=O)c1c(OC(=O)CC)nc2oc3ccc(CC)cc3c(=O)c2c1CC. The second-order valence-corrected chi connectivity index (χ2v) is 6.47. The van der Waals surface area contributed by atoms with Gasteiger partial charge in [0.05, 0.1) is 17.4 Å². The van der Waals surface area contributed by atoms with Crippen LogP contribution in [0.25, 0.3) is 22.1 Å². The predicted octanol–water partition coefficient (Wildman–Crippen LogP) is 3.96. The maximum atomic E-state index is 13.3. The van der Waals surface area contributed by atoms with Crippen molar-refractivity contribution in [2.24, 2.45) is 0 Å². The molecule has 0 saturated heterocycles. The zero-order chi connectivity index (χ0) is 21.1. The van der Waals surface area contributed by atoms with Crippen LogP contribution in [0, 0.1) is 0 Å². The first-order valence-corrected chi connectivity index (χ1v) is 9.75. The molecule has 0 amide bonds. The van der Waals surface area contributed by atoms with E-state index >= 15 is 0 Å². The number of pyridine rings is 1. The highest BCUT2D eigenvalue weighted by molar-refractivity contribution is 6.01. The van der Waals surface area contributed by atoms with Gasteiger partial charge >= 0.3 is 11.9 Å². The van der Waals surface area contributed by atoms with Crippen molar-refractivity contribution in [2.45, 2.75) is 47.0 Å². The molecule has 0 aliphatic heterocycles. The lowest BCUT2D eigenvalue weighted by atomic mass is 10.0. The lowest BCUT2D eigenvalue weighted by Crippen LogP contribution is -2.18. The Labute approximate surface area is 167 Å². The van der Waals surface area contributed by atoms with Crippen LogP contribution < -0.4 is 10.2 Å². The van der Waals surface area contributed by atoms with E-state index in [9.17, 15) is 14.4 Å². The lowest BCUT2D eigenvalue weighted by Gasteiger charge is -2.14. The van der Waals surface area contributed by atoms with Crippen molar-refractivity contribution < 1.29 is 23.5 Å². The molecule has 0 unspecified atom stereocenters. The maximum absolute atomic E-state index is 13.3. The minimum Gasteiger partial charge on any atom is -0.462 e. The second-order valence-electron chi connectivity index (χ2n) is 6.47. The Kier molecular flexibility index (Phi) is 5.96. The molecule has 7 nitrogen and oxygen atoms in total. The third-order valence-corrected chi connectivity index (χ3v) is 4.70. The van der Waals surface area contributed by atoms with E-state index in [0.717, 1.165) is 12.0 Å². The summed E-state index contributed by atoms with van der Waals surface area (Å²) in [6, 6.07) is 5.39. The molecule has 1 aromatic carbocycles. The van der Waals surface area contributed by atoms with E-state index in [0.29, 0.717) is 23.0 Å². The molecule has 3 rings (SSSR count). The smallest absolute Gasteiger partial charge is 0.343 e. The maximum Gasteiger partial charge on any atom is 0.343 e. The van der Waals surface area contributed by atoms with E-state index in [-0.39, 0.29) is 41.0 Å². The van der Waals surface area contributed by atoms with Crippen LogP contribution in [0.1, 0.15) is 55.6 Å². The number of nitrogens with zero attached hydrogens (tertiary/aromatic N) is 1. The van der Waals surface area contributed by atoms with Crippen LogP contribution >= 0.6 is 0 Å². The van der Waals surface area contributed by atoms with Crippen molar-refractivity contribution in [3.05, 3.63) is 45.1 Å². The summed E-state index contributed by atoms with van der Waals surface area (Å²) >= 11 is 0. The minimum atomic E-state index is -0.695. The van der Waals surface area contributed by atoms with Gasteiger partial charge in [-0.3, -0.25) is 9.59 Å². The standard InChI is InChI=1S/C22H23NO6/c1-5-12-9-10-15-14(11-12)19(25)17-13(6-2)18(22(26)27-8-4)21(23-20(17)28-15)29-16(24)7-3/h9-11H,5-8H2,1-4H3. The molecule has 3 aromatic rings. The third kappa shape index (κ3) is 3.72. The zero-order valence-electron chi connectivity index (χ0n) is 17.0. The molecular formula is C22H23NO6. The Hall–Kier alpha value is -3.22. The average molecular weight is 397 g/mol. The van der Waals surface area contributed by atoms with Gasteiger partial charge in [-0.1, -0.05) is 26.8 Å². The number of aromatic nitrogens is 1. The quantitative estimate of drug-likeness (QED) is 0.459. The summed E-state index contributed by atoms with van der Waals surface area (Å²) in [6.07, 6.45) is 1.20. The third-order valence-electron chi connectivity index (χ3n) is 4.70. The van der Waals surface area contributed by atoms with E-state index in [1.54, 1.807) is 32.9 Å². The number of benzene rings is 1. The number of hydrogen-bond acceptors (Lipinski definition) is 7. The monoisotopic (exact) mass is 397 g/mol. The fourth-order valence-corrected chi connectivity index (χ4v) is 3.22. The Morgan fingerprint density at radius 1 is 1.10 bits per heavy atom. The Morgan fingerprint density at radius 3 is 2.48 bits per heavy atom. The lowest BCUT2D eigenvalue weighted by molar-refractivity contribution is -0.134. The van der Waals surface area contributed by atoms with Gasteiger partial charge in [0.15, 0.2) is 0 Å². The molecule has 0 radical (unpaired) electrons. The topological polar surface area (TPSA) is 95.7 Å². The molecule has 0 saturated carbocycles. The van der Waals surface area contributed by atoms with Crippen LogP contribution in [0.4, 0.5) is 0 Å². The summed E-state index contributed by atoms with van der Waals surface area (Å²) in [5, 5.41) is 0.620. The number of carbonyl (C=O) groups excluding carboxylic acids is 2. The van der Waals surface area contributed by atoms with E-state index in [4.69, 9.17) is 13.9 Å². The molecule has 0 bridgehead atoms. The van der Waals surface area contributed by atoms with Crippen LogP contribution in [-0.2, 0) is 22.4 Å². The Balaban J connectivity index is 2.43. The summed E-state index contributed by atoms with van der Waals surface area (Å²) in [7, 11) is 0. The minimum absolute atomic E-state index is 0.0121. The van der Waals surface area contributed by atoms with Crippen molar-refractivity contribution in [3.63, 3.8) is 0 Å². The van der Waals surface area contributed by atoms with Crippen molar-refractivity contribution >= 4 is 34.0 Å². The number of carbonyl (C=O) groups is 2. The van der Waals surface area contributed by atoms with Crippen LogP contribution in [0.2, 0.25) is 0 Å². The van der Waals surface area contributed by atoms with Gasteiger partial charge in [0.1, 0.15) is 11.1 Å². The highest BCUT2D eigenvalue weighted by Gasteiger charge is 2.27. The fraction of sp³-hybridized carbons (Fsp3) is 0.364. The molecule has 0 atom stereocenters. The van der Waals surface area contributed by atoms with Crippen molar-refractivity contribution in [3.8, 4) is 5.88 Å². The van der Waals surface area contributed by atoms with Crippen molar-refractivity contribution in [1.82, 2.24) is 4.98 Å². The van der Waals surface area contributed by atoms with Crippen LogP contribution in [0.15, 0.2) is 27.4 Å². The highest BCUT2D eigenvalue weighted by Crippen LogP contribution is 2.30. The van der Waals surface area contributed by atoms with E-state index in [2.05, 4.69) is 4.98 Å². The van der Waals surface area contributed by atoms with E-state index < -0.39 is 11.9 Å². The molecule has 2 aromatic heterocycles. The molecule has 2 heterocycles. The largest absolute Gasteiger partial charge is 0.462 e. The van der Waals surface area contributed by atoms with Gasteiger partial charge in [-0.2, -0.15) is 4.98 Å². The van der Waals surface area contributed by atoms with Gasteiger partial charge < -0.3 is 13.9 Å². The molecule has 0 fully saturated rings. The first-order valence-electron chi connectivity index (χ1n) is 9.75. The normalized spacial score (nSPS) is 11.0. The first kappa shape index (κ1) is 20.5. The highest BCUT2D eigenvalue weighted by atomic mass is 16.6. The van der Waals surface area contributed by atoms with Crippen LogP contribution in [0.5, 0.6) is 5.88 Å². The van der Waals surface area contributed by atoms with Gasteiger partial charge in [0.2, 0.25) is 17.0 Å². The number of esters is 2. The van der Waals surface area contributed by atoms with Gasteiger partial charge in [0.25, 0.3) is 0 Å². The molecule has 0 aliphatic rings. The number of ether oxygens (including phenoxy) is 2. The summed E-state index contributed by atoms with van der Waals surface area (Å²) in [6.45, 7) is 7.23. The molecule has 0 N–H and O–H groups in total. The number of aryl methyl sites for hydroxylation is 2. The first-order chi connectivity index (χ1) is 13.9. The molecule has 152 valence electrons. The molecule has 7 heteroatoms. The van der Waals surface area contributed by atoms with E-state index in [1.807, 2.05) is 13.0 Å². The van der Waals surface area contributed by atoms with Gasteiger partial charge in [-0.05, 0) is 43.0 Å². The summed E-state index contributed by atoms with van der Waals surface area (Å²) < 4.78 is 16.3. The summed E-state index contributed by atoms with van der Waals surface area (Å²) in [5.41, 5.74) is 1.50. The Morgan fingerprint density at radius 2 is 1.86 bits per heavy atom. The zero-order valence-corrected chi connectivity index (χ0v) is 17.0. The van der Waals surface area contributed by atoms with Gasteiger partial charge in [0, 0.05) is 6.42 Å². The number of fused-ring (bicyclic) bond motifs is 2. The van der Waals surface area contributed by atoms with E-state index in [1.165, 1.54) is 0 Å². The van der Waals surface area contributed by atoms with Gasteiger partial charge in [-0.25, -0.2) is 4.79 Å². The number of hydrogen-bond donors (Lipinski definition) is 0. The fourth-order valence-electron chi connectivity index (χ4n) is 3.22. The average Bonchev–Trinajstić information content (AvgIpc) is 2.72. The van der Waals surface area contributed by atoms with Gasteiger partial charge in [-0.15, -0.1) is 0 Å². The number of rotatable bonds is 6. The molecule has 29 heavy (non-hydrogen) atoms. The summed E-state index contributed by atoms with van der Waals surface area (Å²) in [4.78, 5) is 42.1. The second kappa shape index (κ2) is 8.43. The summed E-state index contributed by atoms with van der Waals surface area (Å²) in [5.74, 6) is -1.45. The van der Waals surface area contributed by atoms with Crippen molar-refractivity contribution in [1.29, 1.82) is 0 Å². The van der Waals surface area contributed by atoms with Crippen LogP contribution in [-0.4, -0.2) is 23.5 Å². The predicted molar refractivity (Wildman–Crippen MR) is 108 cm³/mol.